The fourth-order valence-electron chi connectivity index (χ4n) is 3.64. The number of amides is 3. The molecular formula is C27H32ClN3O4S. The van der Waals surface area contributed by atoms with Gasteiger partial charge in [-0.2, -0.15) is 12.6 Å². The van der Waals surface area contributed by atoms with E-state index in [0.717, 1.165) is 21.6 Å². The number of nitrogens with zero attached hydrogens (tertiary/aromatic N) is 1. The number of anilines is 1. The van der Waals surface area contributed by atoms with Gasteiger partial charge in [-0.05, 0) is 58.7 Å². The standard InChI is InChI=1S/C27H32ClN3O4S/c1-8-31(25(33)21(15-36)29-26(34)35-27(5,6)7)23(19-13-16(2)12-17(3)14-19)24(32)30-22-18(4)10-9-11-20(22)28/h1,9-14,21,23,36H,15H2,2-7H3,(H,29,34)(H,30,32). The zero-order valence-electron chi connectivity index (χ0n) is 21.3. The van der Waals surface area contributed by atoms with Gasteiger partial charge in [-0.1, -0.05) is 59.5 Å². The summed E-state index contributed by atoms with van der Waals surface area (Å²) in [6, 6.07) is 10.7. The van der Waals surface area contributed by atoms with Crippen LogP contribution in [0.2, 0.25) is 5.02 Å². The summed E-state index contributed by atoms with van der Waals surface area (Å²) in [6.45, 7) is 10.7. The van der Waals surface area contributed by atoms with Gasteiger partial charge < -0.3 is 15.4 Å². The zero-order valence-corrected chi connectivity index (χ0v) is 23.0. The molecule has 9 heteroatoms. The number of halogens is 1. The van der Waals surface area contributed by atoms with E-state index in [-0.39, 0.29) is 5.75 Å². The average molecular weight is 530 g/mol. The molecule has 2 aromatic carbocycles. The van der Waals surface area contributed by atoms with Gasteiger partial charge in [-0.3, -0.25) is 14.5 Å². The number of terminal acetylenes is 1. The van der Waals surface area contributed by atoms with E-state index in [4.69, 9.17) is 22.8 Å². The highest BCUT2D eigenvalue weighted by atomic mass is 35.5. The van der Waals surface area contributed by atoms with Gasteiger partial charge >= 0.3 is 6.09 Å². The summed E-state index contributed by atoms with van der Waals surface area (Å²) in [7, 11) is 0. The number of hydrogen-bond acceptors (Lipinski definition) is 5. The molecular weight excluding hydrogens is 498 g/mol. The maximum atomic E-state index is 13.7. The second kappa shape index (κ2) is 12.2. The minimum Gasteiger partial charge on any atom is -0.444 e. The summed E-state index contributed by atoms with van der Waals surface area (Å²) in [6.07, 6.45) is 4.98. The fraction of sp³-hybridized carbons (Fsp3) is 0.370. The van der Waals surface area contributed by atoms with E-state index in [2.05, 4.69) is 29.3 Å². The highest BCUT2D eigenvalue weighted by Crippen LogP contribution is 2.30. The molecule has 0 fully saturated rings. The molecule has 3 amide bonds. The number of rotatable bonds is 7. The predicted molar refractivity (Wildman–Crippen MR) is 146 cm³/mol. The van der Waals surface area contributed by atoms with Gasteiger partial charge in [0, 0.05) is 11.8 Å². The highest BCUT2D eigenvalue weighted by Gasteiger charge is 2.36. The number of hydrogen-bond donors (Lipinski definition) is 3. The van der Waals surface area contributed by atoms with Crippen LogP contribution in [0.5, 0.6) is 0 Å². The molecule has 0 radical (unpaired) electrons. The third-order valence-corrected chi connectivity index (χ3v) is 5.76. The molecule has 7 nitrogen and oxygen atoms in total. The predicted octanol–water partition coefficient (Wildman–Crippen LogP) is 5.19. The Morgan fingerprint density at radius 2 is 1.75 bits per heavy atom. The monoisotopic (exact) mass is 529 g/mol. The minimum absolute atomic E-state index is 0.0684. The Balaban J connectivity index is 2.50. The third-order valence-electron chi connectivity index (χ3n) is 5.08. The number of para-hydroxylation sites is 1. The summed E-state index contributed by atoms with van der Waals surface area (Å²) in [4.78, 5) is 40.5. The van der Waals surface area contributed by atoms with E-state index >= 15 is 0 Å². The van der Waals surface area contributed by atoms with Gasteiger partial charge in [-0.15, -0.1) is 0 Å². The smallest absolute Gasteiger partial charge is 0.408 e. The van der Waals surface area contributed by atoms with Gasteiger partial charge in [-0.25, -0.2) is 4.79 Å². The molecule has 2 N–H and O–H groups in total. The molecule has 0 bridgehead atoms. The van der Waals surface area contributed by atoms with Crippen molar-refractivity contribution in [1.82, 2.24) is 10.2 Å². The molecule has 0 aliphatic rings. The van der Waals surface area contributed by atoms with Crippen LogP contribution in [0.25, 0.3) is 0 Å². The van der Waals surface area contributed by atoms with Crippen molar-refractivity contribution in [3.63, 3.8) is 0 Å². The molecule has 0 saturated heterocycles. The van der Waals surface area contributed by atoms with Crippen molar-refractivity contribution >= 4 is 47.8 Å². The normalized spacial score (nSPS) is 12.6. The lowest BCUT2D eigenvalue weighted by atomic mass is 9.98. The first-order valence-electron chi connectivity index (χ1n) is 11.3. The number of carbonyl (C=O) groups is 3. The van der Waals surface area contributed by atoms with Crippen molar-refractivity contribution < 1.29 is 19.1 Å². The average Bonchev–Trinajstić information content (AvgIpc) is 2.75. The Hall–Kier alpha value is -3.15. The van der Waals surface area contributed by atoms with E-state index in [1.54, 1.807) is 58.0 Å². The first-order valence-corrected chi connectivity index (χ1v) is 12.3. The lowest BCUT2D eigenvalue weighted by Crippen LogP contribution is -2.51. The van der Waals surface area contributed by atoms with Crippen LogP contribution in [-0.2, 0) is 14.3 Å². The third kappa shape index (κ3) is 7.67. The molecule has 0 heterocycles. The van der Waals surface area contributed by atoms with E-state index in [0.29, 0.717) is 16.3 Å². The summed E-state index contributed by atoms with van der Waals surface area (Å²) < 4.78 is 5.26. The minimum atomic E-state index is -1.21. The molecule has 0 saturated carbocycles. The Labute approximate surface area is 223 Å². The molecule has 0 spiro atoms. The maximum Gasteiger partial charge on any atom is 0.408 e. The summed E-state index contributed by atoms with van der Waals surface area (Å²) in [5.74, 6) is -1.31. The van der Waals surface area contributed by atoms with Crippen LogP contribution in [-0.4, -0.2) is 40.2 Å². The second-order valence-electron chi connectivity index (χ2n) is 9.46. The van der Waals surface area contributed by atoms with Crippen LogP contribution >= 0.6 is 24.2 Å². The molecule has 2 unspecified atom stereocenters. The Kier molecular flexibility index (Phi) is 9.85. The van der Waals surface area contributed by atoms with Crippen molar-refractivity contribution in [2.75, 3.05) is 11.1 Å². The lowest BCUT2D eigenvalue weighted by Gasteiger charge is -2.30. The van der Waals surface area contributed by atoms with Crippen LogP contribution < -0.4 is 10.6 Å². The summed E-state index contributed by atoms with van der Waals surface area (Å²) >= 11 is 10.5. The summed E-state index contributed by atoms with van der Waals surface area (Å²) in [5, 5.41) is 5.67. The number of nitrogens with one attached hydrogen (secondary N) is 2. The summed E-state index contributed by atoms with van der Waals surface area (Å²) in [5.41, 5.74) is 2.68. The number of alkyl carbamates (subject to hydrolysis) is 1. The molecule has 0 aromatic heterocycles. The number of carbonyl (C=O) groups excluding carboxylic acids is 3. The van der Waals surface area contributed by atoms with Gasteiger partial charge in [0.15, 0.2) is 0 Å². The largest absolute Gasteiger partial charge is 0.444 e. The maximum absolute atomic E-state index is 13.7. The number of ether oxygens (including phenoxy) is 1. The Bertz CT molecular complexity index is 1150. The number of thiol groups is 1. The van der Waals surface area contributed by atoms with Crippen LogP contribution in [0.15, 0.2) is 36.4 Å². The van der Waals surface area contributed by atoms with E-state index < -0.39 is 35.6 Å². The van der Waals surface area contributed by atoms with Crippen LogP contribution in [0.1, 0.15) is 49.1 Å². The fourth-order valence-corrected chi connectivity index (χ4v) is 4.15. The van der Waals surface area contributed by atoms with Crippen molar-refractivity contribution in [2.24, 2.45) is 0 Å². The van der Waals surface area contributed by atoms with E-state index in [1.807, 2.05) is 19.9 Å². The van der Waals surface area contributed by atoms with Crippen molar-refractivity contribution in [1.29, 1.82) is 0 Å². The molecule has 2 atom stereocenters. The van der Waals surface area contributed by atoms with E-state index in [9.17, 15) is 14.4 Å². The topological polar surface area (TPSA) is 87.7 Å². The molecule has 192 valence electrons. The van der Waals surface area contributed by atoms with Gasteiger partial charge in [0.25, 0.3) is 11.8 Å². The SMILES string of the molecule is C#CN(C(=O)C(CS)NC(=O)OC(C)(C)C)C(C(=O)Nc1c(C)cccc1Cl)c1cc(C)cc(C)c1. The highest BCUT2D eigenvalue weighted by molar-refractivity contribution is 7.80. The first kappa shape index (κ1) is 29.1. The number of benzene rings is 2. The lowest BCUT2D eigenvalue weighted by molar-refractivity contribution is -0.136. The van der Waals surface area contributed by atoms with Crippen molar-refractivity contribution in [3.05, 3.63) is 63.7 Å². The van der Waals surface area contributed by atoms with Gasteiger partial charge in [0.1, 0.15) is 17.7 Å². The van der Waals surface area contributed by atoms with Gasteiger partial charge in [0.05, 0.1) is 10.7 Å². The quantitative estimate of drug-likeness (QED) is 0.262. The zero-order chi connectivity index (χ0) is 27.2. The van der Waals surface area contributed by atoms with Crippen LogP contribution in [0, 0.1) is 33.2 Å². The Morgan fingerprint density at radius 3 is 2.25 bits per heavy atom. The molecule has 0 aliphatic heterocycles. The van der Waals surface area contributed by atoms with E-state index in [1.165, 1.54) is 0 Å². The first-order chi connectivity index (χ1) is 16.8. The van der Waals surface area contributed by atoms with Crippen LogP contribution in [0.3, 0.4) is 0 Å². The molecule has 2 rings (SSSR count). The van der Waals surface area contributed by atoms with Gasteiger partial charge in [0.2, 0.25) is 0 Å². The second-order valence-corrected chi connectivity index (χ2v) is 10.2. The number of aryl methyl sites for hydroxylation is 3. The molecule has 2 aromatic rings. The van der Waals surface area contributed by atoms with Crippen molar-refractivity contribution in [3.8, 4) is 12.5 Å². The van der Waals surface area contributed by atoms with Crippen LogP contribution in [0.4, 0.5) is 10.5 Å². The Morgan fingerprint density at radius 1 is 1.14 bits per heavy atom. The molecule has 0 aliphatic carbocycles. The van der Waals surface area contributed by atoms with Crippen molar-refractivity contribution in [2.45, 2.75) is 59.2 Å². The molecule has 36 heavy (non-hydrogen) atoms.